The number of thiophene rings is 1. The summed E-state index contributed by atoms with van der Waals surface area (Å²) in [5.74, 6) is 1.52. The zero-order chi connectivity index (χ0) is 20.5. The van der Waals surface area contributed by atoms with Crippen molar-refractivity contribution in [1.29, 1.82) is 0 Å². The van der Waals surface area contributed by atoms with Crippen molar-refractivity contribution in [2.75, 3.05) is 18.0 Å². The van der Waals surface area contributed by atoms with Gasteiger partial charge >= 0.3 is 5.97 Å². The Labute approximate surface area is 178 Å². The van der Waals surface area contributed by atoms with Crippen LogP contribution in [0.15, 0.2) is 52.3 Å². The van der Waals surface area contributed by atoms with E-state index in [1.165, 1.54) is 0 Å². The predicted octanol–water partition coefficient (Wildman–Crippen LogP) is 5.22. The van der Waals surface area contributed by atoms with E-state index in [1.807, 2.05) is 54.8 Å². The molecule has 4 aromatic rings. The van der Waals surface area contributed by atoms with Crippen molar-refractivity contribution in [1.82, 2.24) is 9.97 Å². The van der Waals surface area contributed by atoms with Gasteiger partial charge in [-0.2, -0.15) is 0 Å². The van der Waals surface area contributed by atoms with Gasteiger partial charge in [-0.15, -0.1) is 11.3 Å². The summed E-state index contributed by atoms with van der Waals surface area (Å²) < 4.78 is 11.4. The first-order valence-electron chi connectivity index (χ1n) is 10.0. The van der Waals surface area contributed by atoms with Gasteiger partial charge in [0, 0.05) is 18.5 Å². The lowest BCUT2D eigenvalue weighted by Crippen LogP contribution is -2.23. The third-order valence-electron chi connectivity index (χ3n) is 5.29. The highest BCUT2D eigenvalue weighted by Crippen LogP contribution is 2.29. The number of rotatable bonds is 5. The first kappa shape index (κ1) is 18.8. The van der Waals surface area contributed by atoms with E-state index in [9.17, 15) is 4.79 Å². The molecule has 0 amide bonds. The van der Waals surface area contributed by atoms with E-state index in [2.05, 4.69) is 9.88 Å². The second-order valence-electron chi connectivity index (χ2n) is 7.32. The number of esters is 1. The molecule has 5 rings (SSSR count). The standard InChI is InChI=1S/C23H21N3O3S/c1-15-19(25-22(29-15)20-9-6-12-30-20)14-28-23(27)17-13-16-7-2-3-8-18(16)24-21(17)26-10-4-5-11-26/h2-3,6-9,12-13H,4-5,10-11,14H2,1H3. The molecule has 152 valence electrons. The first-order valence-corrected chi connectivity index (χ1v) is 10.9. The maximum absolute atomic E-state index is 13.0. The molecule has 7 heteroatoms. The highest BCUT2D eigenvalue weighted by Gasteiger charge is 2.24. The van der Waals surface area contributed by atoms with Gasteiger partial charge in [0.25, 0.3) is 0 Å². The number of anilines is 1. The minimum absolute atomic E-state index is 0.0613. The van der Waals surface area contributed by atoms with Gasteiger partial charge in [0.05, 0.1) is 10.4 Å². The number of nitrogens with zero attached hydrogens (tertiary/aromatic N) is 3. The van der Waals surface area contributed by atoms with Crippen LogP contribution in [-0.2, 0) is 11.3 Å². The molecule has 0 radical (unpaired) electrons. The van der Waals surface area contributed by atoms with Gasteiger partial charge in [-0.3, -0.25) is 0 Å². The summed E-state index contributed by atoms with van der Waals surface area (Å²) in [7, 11) is 0. The molecule has 1 saturated heterocycles. The van der Waals surface area contributed by atoms with Crippen LogP contribution in [0.4, 0.5) is 5.82 Å². The lowest BCUT2D eigenvalue weighted by atomic mass is 10.1. The first-order chi connectivity index (χ1) is 14.7. The minimum Gasteiger partial charge on any atom is -0.455 e. The zero-order valence-corrected chi connectivity index (χ0v) is 17.4. The maximum atomic E-state index is 13.0. The Balaban J connectivity index is 1.41. The van der Waals surface area contributed by atoms with E-state index >= 15 is 0 Å². The Morgan fingerprint density at radius 2 is 2.00 bits per heavy atom. The van der Waals surface area contributed by atoms with Crippen LogP contribution in [0.25, 0.3) is 21.7 Å². The second kappa shape index (κ2) is 7.91. The summed E-state index contributed by atoms with van der Waals surface area (Å²) in [4.78, 5) is 25.4. The molecule has 0 unspecified atom stereocenters. The molecule has 1 aliphatic heterocycles. The van der Waals surface area contributed by atoms with E-state index < -0.39 is 5.97 Å². The number of hydrogen-bond donors (Lipinski definition) is 0. The molecular weight excluding hydrogens is 398 g/mol. The lowest BCUT2D eigenvalue weighted by molar-refractivity contribution is 0.0467. The van der Waals surface area contributed by atoms with Crippen LogP contribution in [0.3, 0.4) is 0 Å². The summed E-state index contributed by atoms with van der Waals surface area (Å²) in [6, 6.07) is 13.6. The number of hydrogen-bond acceptors (Lipinski definition) is 7. The molecule has 3 aromatic heterocycles. The molecular formula is C23H21N3O3S. The van der Waals surface area contributed by atoms with Crippen molar-refractivity contribution in [2.24, 2.45) is 0 Å². The Morgan fingerprint density at radius 1 is 1.17 bits per heavy atom. The Bertz CT molecular complexity index is 1190. The number of fused-ring (bicyclic) bond motifs is 1. The van der Waals surface area contributed by atoms with Crippen molar-refractivity contribution in [2.45, 2.75) is 26.4 Å². The summed E-state index contributed by atoms with van der Waals surface area (Å²) in [5.41, 5.74) is 2.00. The second-order valence-corrected chi connectivity index (χ2v) is 8.27. The van der Waals surface area contributed by atoms with E-state index in [-0.39, 0.29) is 6.61 Å². The van der Waals surface area contributed by atoms with Crippen LogP contribution < -0.4 is 4.90 Å². The Morgan fingerprint density at radius 3 is 2.80 bits per heavy atom. The fourth-order valence-corrected chi connectivity index (χ4v) is 4.35. The van der Waals surface area contributed by atoms with Gasteiger partial charge < -0.3 is 14.1 Å². The molecule has 6 nitrogen and oxygen atoms in total. The number of carbonyl (C=O) groups excluding carboxylic acids is 1. The Kier molecular flexibility index (Phi) is 4.96. The van der Waals surface area contributed by atoms with E-state index in [0.717, 1.165) is 41.7 Å². The van der Waals surface area contributed by atoms with Crippen molar-refractivity contribution < 1.29 is 13.9 Å². The van der Waals surface area contributed by atoms with Crippen molar-refractivity contribution in [3.63, 3.8) is 0 Å². The van der Waals surface area contributed by atoms with Crippen LogP contribution in [0.2, 0.25) is 0 Å². The number of para-hydroxylation sites is 1. The highest BCUT2D eigenvalue weighted by molar-refractivity contribution is 7.13. The smallest absolute Gasteiger partial charge is 0.342 e. The molecule has 4 heterocycles. The predicted molar refractivity (Wildman–Crippen MR) is 117 cm³/mol. The molecule has 0 N–H and O–H groups in total. The fraction of sp³-hybridized carbons (Fsp3) is 0.261. The molecule has 0 atom stereocenters. The monoisotopic (exact) mass is 419 g/mol. The zero-order valence-electron chi connectivity index (χ0n) is 16.6. The SMILES string of the molecule is Cc1oc(-c2cccs2)nc1COC(=O)c1cc2ccccc2nc1N1CCCC1. The molecule has 0 bridgehead atoms. The van der Waals surface area contributed by atoms with E-state index in [1.54, 1.807) is 11.3 Å². The maximum Gasteiger partial charge on any atom is 0.342 e. The summed E-state index contributed by atoms with van der Waals surface area (Å²) in [5, 5.41) is 2.89. The number of carbonyl (C=O) groups is 1. The van der Waals surface area contributed by atoms with Gasteiger partial charge in [0.2, 0.25) is 5.89 Å². The van der Waals surface area contributed by atoms with Crippen molar-refractivity contribution in [3.05, 3.63) is 64.9 Å². The third kappa shape index (κ3) is 3.57. The molecule has 0 saturated carbocycles. The lowest BCUT2D eigenvalue weighted by Gasteiger charge is -2.20. The van der Waals surface area contributed by atoms with Crippen LogP contribution in [0, 0.1) is 6.92 Å². The molecule has 1 aliphatic rings. The van der Waals surface area contributed by atoms with Crippen molar-refractivity contribution in [3.8, 4) is 10.8 Å². The normalized spacial score (nSPS) is 13.8. The quantitative estimate of drug-likeness (QED) is 0.413. The number of ether oxygens (including phenoxy) is 1. The van der Waals surface area contributed by atoms with E-state index in [0.29, 0.717) is 28.7 Å². The molecule has 1 aromatic carbocycles. The van der Waals surface area contributed by atoms with Gasteiger partial charge in [0.1, 0.15) is 29.4 Å². The van der Waals surface area contributed by atoms with Crippen molar-refractivity contribution >= 4 is 34.0 Å². The van der Waals surface area contributed by atoms with Gasteiger partial charge in [-0.05, 0) is 43.3 Å². The van der Waals surface area contributed by atoms with Crippen LogP contribution in [-0.4, -0.2) is 29.0 Å². The summed E-state index contributed by atoms with van der Waals surface area (Å²) >= 11 is 1.56. The minimum atomic E-state index is -0.393. The van der Waals surface area contributed by atoms with Gasteiger partial charge in [-0.25, -0.2) is 14.8 Å². The van der Waals surface area contributed by atoms with Crippen LogP contribution in [0.1, 0.15) is 34.7 Å². The average molecular weight is 420 g/mol. The largest absolute Gasteiger partial charge is 0.455 e. The fourth-order valence-electron chi connectivity index (χ4n) is 3.71. The number of aromatic nitrogens is 2. The van der Waals surface area contributed by atoms with Gasteiger partial charge in [0.15, 0.2) is 0 Å². The number of benzene rings is 1. The number of pyridine rings is 1. The topological polar surface area (TPSA) is 68.5 Å². The summed E-state index contributed by atoms with van der Waals surface area (Å²) in [6.45, 7) is 3.70. The van der Waals surface area contributed by atoms with Crippen LogP contribution in [0.5, 0.6) is 0 Å². The third-order valence-corrected chi connectivity index (χ3v) is 6.15. The average Bonchev–Trinajstić information content (AvgIpc) is 3.53. The van der Waals surface area contributed by atoms with Crippen LogP contribution >= 0.6 is 11.3 Å². The Hall–Kier alpha value is -3.19. The molecule has 1 fully saturated rings. The summed E-state index contributed by atoms with van der Waals surface area (Å²) in [6.07, 6.45) is 2.21. The number of oxazole rings is 1. The highest BCUT2D eigenvalue weighted by atomic mass is 32.1. The van der Waals surface area contributed by atoms with Gasteiger partial charge in [-0.1, -0.05) is 24.3 Å². The molecule has 0 spiro atoms. The number of aryl methyl sites for hydroxylation is 1. The van der Waals surface area contributed by atoms with E-state index in [4.69, 9.17) is 14.1 Å². The molecule has 30 heavy (non-hydrogen) atoms. The molecule has 0 aliphatic carbocycles.